The van der Waals surface area contributed by atoms with E-state index in [1.54, 1.807) is 0 Å². The number of hydrogen-bond donors (Lipinski definition) is 1. The number of anilines is 2. The van der Waals surface area contributed by atoms with E-state index in [2.05, 4.69) is 39.7 Å². The number of nitrogens with two attached hydrogens (primary N) is 1. The first-order valence-electron chi connectivity index (χ1n) is 4.91. The van der Waals surface area contributed by atoms with Crippen LogP contribution in [0.4, 0.5) is 11.8 Å². The summed E-state index contributed by atoms with van der Waals surface area (Å²) in [5, 5.41) is 0. The van der Waals surface area contributed by atoms with Gasteiger partial charge in [0.2, 0.25) is 5.95 Å². The molecular weight excluding hydrogens is 256 g/mol. The zero-order valence-corrected chi connectivity index (χ0v) is 11.2. The van der Waals surface area contributed by atoms with Gasteiger partial charge in [0, 0.05) is 14.1 Å². The molecule has 1 rings (SSSR count). The molecule has 2 N–H and O–H groups in total. The molecule has 1 aromatic heterocycles. The minimum absolute atomic E-state index is 0.504. The molecule has 0 saturated carbocycles. The number of aromatic nitrogens is 2. The standard InChI is InChI=1S/C10H17BrN4/c1-6(2)5-7-8(11)9(12)14-10(13-7)15(3)4/h6H,5H2,1-4H3,(H2,12,13,14). The third-order valence-electron chi connectivity index (χ3n) is 1.94. The summed E-state index contributed by atoms with van der Waals surface area (Å²) in [4.78, 5) is 10.5. The Morgan fingerprint density at radius 1 is 1.33 bits per heavy atom. The number of hydrogen-bond acceptors (Lipinski definition) is 4. The molecule has 0 saturated heterocycles. The Bertz CT molecular complexity index is 350. The van der Waals surface area contributed by atoms with Crippen LogP contribution in [0.2, 0.25) is 0 Å². The minimum atomic E-state index is 0.504. The van der Waals surface area contributed by atoms with Crippen molar-refractivity contribution in [3.8, 4) is 0 Å². The van der Waals surface area contributed by atoms with Crippen LogP contribution in [-0.4, -0.2) is 24.1 Å². The lowest BCUT2D eigenvalue weighted by molar-refractivity contribution is 0.632. The topological polar surface area (TPSA) is 55.0 Å². The van der Waals surface area contributed by atoms with Crippen LogP contribution < -0.4 is 10.6 Å². The largest absolute Gasteiger partial charge is 0.383 e. The van der Waals surface area contributed by atoms with E-state index in [1.807, 2.05) is 19.0 Å². The van der Waals surface area contributed by atoms with E-state index in [-0.39, 0.29) is 0 Å². The summed E-state index contributed by atoms with van der Waals surface area (Å²) in [5.41, 5.74) is 6.78. The molecule has 5 heteroatoms. The van der Waals surface area contributed by atoms with Gasteiger partial charge in [0.1, 0.15) is 5.82 Å². The molecule has 0 aliphatic carbocycles. The van der Waals surface area contributed by atoms with E-state index >= 15 is 0 Å². The Balaban J connectivity index is 3.13. The Labute approximate surface area is 99.0 Å². The molecule has 0 spiro atoms. The van der Waals surface area contributed by atoms with Crippen LogP contribution in [0.5, 0.6) is 0 Å². The first-order chi connectivity index (χ1) is 6.91. The summed E-state index contributed by atoms with van der Waals surface area (Å²) in [6.07, 6.45) is 0.897. The lowest BCUT2D eigenvalue weighted by Gasteiger charge is -2.14. The summed E-state index contributed by atoms with van der Waals surface area (Å²) in [6, 6.07) is 0. The highest BCUT2D eigenvalue weighted by atomic mass is 79.9. The summed E-state index contributed by atoms with van der Waals surface area (Å²) in [7, 11) is 3.81. The third-order valence-corrected chi connectivity index (χ3v) is 2.80. The molecule has 0 radical (unpaired) electrons. The van der Waals surface area contributed by atoms with Crippen LogP contribution in [0.1, 0.15) is 19.5 Å². The summed E-state index contributed by atoms with van der Waals surface area (Å²) in [5.74, 6) is 1.71. The molecule has 0 aliphatic rings. The number of halogens is 1. The maximum atomic E-state index is 5.81. The fourth-order valence-electron chi connectivity index (χ4n) is 1.22. The van der Waals surface area contributed by atoms with Crippen LogP contribution in [-0.2, 0) is 6.42 Å². The molecule has 0 aliphatic heterocycles. The van der Waals surface area contributed by atoms with Gasteiger partial charge in [-0.3, -0.25) is 0 Å². The van der Waals surface area contributed by atoms with E-state index in [1.165, 1.54) is 0 Å². The second kappa shape index (κ2) is 4.79. The van der Waals surface area contributed by atoms with Crippen LogP contribution in [0, 0.1) is 5.92 Å². The van der Waals surface area contributed by atoms with Crippen LogP contribution in [0.25, 0.3) is 0 Å². The van der Waals surface area contributed by atoms with E-state index in [4.69, 9.17) is 5.73 Å². The van der Waals surface area contributed by atoms with Crippen molar-refractivity contribution < 1.29 is 0 Å². The molecule has 15 heavy (non-hydrogen) atoms. The fraction of sp³-hybridized carbons (Fsp3) is 0.600. The SMILES string of the molecule is CC(C)Cc1nc(N(C)C)nc(N)c1Br. The first-order valence-corrected chi connectivity index (χ1v) is 5.70. The highest BCUT2D eigenvalue weighted by molar-refractivity contribution is 9.10. The van der Waals surface area contributed by atoms with Gasteiger partial charge in [0.15, 0.2) is 0 Å². The Hall–Kier alpha value is -0.840. The molecule has 0 unspecified atom stereocenters. The smallest absolute Gasteiger partial charge is 0.227 e. The number of nitrogens with zero attached hydrogens (tertiary/aromatic N) is 3. The van der Waals surface area contributed by atoms with E-state index < -0.39 is 0 Å². The van der Waals surface area contributed by atoms with Gasteiger partial charge in [-0.25, -0.2) is 4.98 Å². The van der Waals surface area contributed by atoms with Gasteiger partial charge in [-0.05, 0) is 28.3 Å². The normalized spacial score (nSPS) is 10.8. The van der Waals surface area contributed by atoms with Crippen LogP contribution in [0.15, 0.2) is 4.47 Å². The van der Waals surface area contributed by atoms with Crippen molar-refractivity contribution in [2.24, 2.45) is 5.92 Å². The van der Waals surface area contributed by atoms with Crippen molar-refractivity contribution in [2.75, 3.05) is 24.7 Å². The predicted molar refractivity (Wildman–Crippen MR) is 67.0 cm³/mol. The van der Waals surface area contributed by atoms with Crippen molar-refractivity contribution in [1.29, 1.82) is 0 Å². The average Bonchev–Trinajstić information content (AvgIpc) is 2.11. The second-order valence-electron chi connectivity index (χ2n) is 4.16. The Morgan fingerprint density at radius 2 is 1.93 bits per heavy atom. The highest BCUT2D eigenvalue weighted by Crippen LogP contribution is 2.25. The summed E-state index contributed by atoms with van der Waals surface area (Å²) in [6.45, 7) is 4.31. The van der Waals surface area contributed by atoms with E-state index in [9.17, 15) is 0 Å². The molecule has 4 nitrogen and oxygen atoms in total. The Morgan fingerprint density at radius 3 is 2.40 bits per heavy atom. The highest BCUT2D eigenvalue weighted by Gasteiger charge is 2.12. The third kappa shape index (κ3) is 3.06. The van der Waals surface area contributed by atoms with Crippen LogP contribution in [0.3, 0.4) is 0 Å². The van der Waals surface area contributed by atoms with Gasteiger partial charge in [-0.15, -0.1) is 0 Å². The number of nitrogen functional groups attached to an aromatic ring is 1. The predicted octanol–water partition coefficient (Wildman–Crippen LogP) is 2.09. The zero-order chi connectivity index (χ0) is 11.6. The molecule has 1 heterocycles. The van der Waals surface area contributed by atoms with E-state index in [0.29, 0.717) is 17.7 Å². The summed E-state index contributed by atoms with van der Waals surface area (Å²) < 4.78 is 0.821. The molecular formula is C10H17BrN4. The Kier molecular flexibility index (Phi) is 3.90. The first kappa shape index (κ1) is 12.2. The molecule has 1 aromatic rings. The van der Waals surface area contributed by atoms with Crippen molar-refractivity contribution in [3.05, 3.63) is 10.2 Å². The fourth-order valence-corrected chi connectivity index (χ4v) is 1.56. The summed E-state index contributed by atoms with van der Waals surface area (Å²) >= 11 is 3.42. The average molecular weight is 273 g/mol. The van der Waals surface area contributed by atoms with Gasteiger partial charge in [0.05, 0.1) is 10.2 Å². The van der Waals surface area contributed by atoms with Gasteiger partial charge >= 0.3 is 0 Å². The van der Waals surface area contributed by atoms with Crippen molar-refractivity contribution in [2.45, 2.75) is 20.3 Å². The van der Waals surface area contributed by atoms with Crippen LogP contribution >= 0.6 is 15.9 Å². The molecule has 0 amide bonds. The van der Waals surface area contributed by atoms with E-state index in [0.717, 1.165) is 16.6 Å². The lowest BCUT2D eigenvalue weighted by Crippen LogP contribution is -2.16. The van der Waals surface area contributed by atoms with Gasteiger partial charge in [-0.2, -0.15) is 4.98 Å². The molecule has 0 aromatic carbocycles. The molecule has 0 bridgehead atoms. The quantitative estimate of drug-likeness (QED) is 0.916. The van der Waals surface area contributed by atoms with Crippen molar-refractivity contribution in [1.82, 2.24) is 9.97 Å². The lowest BCUT2D eigenvalue weighted by atomic mass is 10.1. The monoisotopic (exact) mass is 272 g/mol. The van der Waals surface area contributed by atoms with Gasteiger partial charge < -0.3 is 10.6 Å². The van der Waals surface area contributed by atoms with Gasteiger partial charge in [-0.1, -0.05) is 13.8 Å². The molecule has 0 fully saturated rings. The van der Waals surface area contributed by atoms with Gasteiger partial charge in [0.25, 0.3) is 0 Å². The zero-order valence-electron chi connectivity index (χ0n) is 9.58. The van der Waals surface area contributed by atoms with Crippen molar-refractivity contribution >= 4 is 27.7 Å². The van der Waals surface area contributed by atoms with Crippen molar-refractivity contribution in [3.63, 3.8) is 0 Å². The second-order valence-corrected chi connectivity index (χ2v) is 4.95. The maximum absolute atomic E-state index is 5.81. The number of rotatable bonds is 3. The molecule has 84 valence electrons. The maximum Gasteiger partial charge on any atom is 0.227 e. The molecule has 0 atom stereocenters. The minimum Gasteiger partial charge on any atom is -0.383 e.